The second-order valence-electron chi connectivity index (χ2n) is 3.79. The number of aromatic hydroxyl groups is 1. The van der Waals surface area contributed by atoms with Crippen molar-refractivity contribution in [3.63, 3.8) is 0 Å². The summed E-state index contributed by atoms with van der Waals surface area (Å²) in [6.45, 7) is 0.562. The first-order chi connectivity index (χ1) is 7.18. The summed E-state index contributed by atoms with van der Waals surface area (Å²) < 4.78 is 13.2. The van der Waals surface area contributed by atoms with Crippen LogP contribution in [0.2, 0.25) is 0 Å². The molecule has 15 heavy (non-hydrogen) atoms. The Morgan fingerprint density at radius 1 is 1.53 bits per heavy atom. The largest absolute Gasteiger partial charge is 0.507 e. The number of benzene rings is 1. The van der Waals surface area contributed by atoms with Gasteiger partial charge in [0.2, 0.25) is 0 Å². The van der Waals surface area contributed by atoms with Crippen LogP contribution in [0.3, 0.4) is 0 Å². The van der Waals surface area contributed by atoms with E-state index in [1.54, 1.807) is 0 Å². The van der Waals surface area contributed by atoms with E-state index >= 15 is 0 Å². The van der Waals surface area contributed by atoms with E-state index in [0.717, 1.165) is 18.9 Å². The minimum Gasteiger partial charge on any atom is -0.507 e. The number of carbonyl (C=O) groups excluding carboxylic acids is 1. The predicted octanol–water partition coefficient (Wildman–Crippen LogP) is 1.67. The molecule has 2 rings (SSSR count). The van der Waals surface area contributed by atoms with Crippen LogP contribution in [0.25, 0.3) is 0 Å². The van der Waals surface area contributed by atoms with Gasteiger partial charge in [-0.05, 0) is 30.9 Å². The fourth-order valence-corrected chi connectivity index (χ4v) is 1.38. The Labute approximate surface area is 86.9 Å². The van der Waals surface area contributed by atoms with Crippen LogP contribution in [-0.2, 0) is 0 Å². The van der Waals surface area contributed by atoms with Crippen molar-refractivity contribution >= 4 is 5.91 Å². The molecule has 80 valence electrons. The van der Waals surface area contributed by atoms with Crippen molar-refractivity contribution in [3.8, 4) is 5.75 Å². The van der Waals surface area contributed by atoms with Gasteiger partial charge in [-0.2, -0.15) is 0 Å². The van der Waals surface area contributed by atoms with Gasteiger partial charge in [0, 0.05) is 6.54 Å². The van der Waals surface area contributed by atoms with Crippen molar-refractivity contribution < 1.29 is 14.3 Å². The summed E-state index contributed by atoms with van der Waals surface area (Å²) in [5, 5.41) is 11.9. The maximum Gasteiger partial charge on any atom is 0.258 e. The van der Waals surface area contributed by atoms with Crippen LogP contribution >= 0.6 is 0 Å². The van der Waals surface area contributed by atoms with Gasteiger partial charge in [-0.25, -0.2) is 4.39 Å². The summed E-state index contributed by atoms with van der Waals surface area (Å²) in [4.78, 5) is 11.5. The van der Waals surface area contributed by atoms with Crippen LogP contribution in [0, 0.1) is 11.7 Å². The molecule has 3 nitrogen and oxygen atoms in total. The predicted molar refractivity (Wildman–Crippen MR) is 53.1 cm³/mol. The molecule has 0 aromatic heterocycles. The van der Waals surface area contributed by atoms with Gasteiger partial charge in [-0.1, -0.05) is 6.07 Å². The van der Waals surface area contributed by atoms with Gasteiger partial charge in [0.05, 0.1) is 0 Å². The van der Waals surface area contributed by atoms with E-state index in [9.17, 15) is 14.3 Å². The molecule has 1 aromatic carbocycles. The van der Waals surface area contributed by atoms with E-state index in [-0.39, 0.29) is 11.3 Å². The number of phenolic OH excluding ortho intramolecular Hbond substituents is 1. The Kier molecular flexibility index (Phi) is 2.58. The van der Waals surface area contributed by atoms with Crippen molar-refractivity contribution in [2.75, 3.05) is 6.54 Å². The van der Waals surface area contributed by atoms with Crippen LogP contribution in [0.5, 0.6) is 5.75 Å². The number of carbonyl (C=O) groups is 1. The molecule has 1 fully saturated rings. The third-order valence-corrected chi connectivity index (χ3v) is 2.47. The van der Waals surface area contributed by atoms with Gasteiger partial charge in [-0.3, -0.25) is 4.79 Å². The zero-order valence-corrected chi connectivity index (χ0v) is 8.16. The van der Waals surface area contributed by atoms with Gasteiger partial charge in [-0.15, -0.1) is 0 Å². The number of halogens is 1. The zero-order chi connectivity index (χ0) is 10.8. The highest BCUT2D eigenvalue weighted by Gasteiger charge is 2.23. The standard InChI is InChI=1S/C11H12FNO2/c12-8-2-1-3-9(14)10(8)11(15)13-6-7-4-5-7/h1-3,7,14H,4-6H2,(H,13,15). The van der Waals surface area contributed by atoms with Crippen molar-refractivity contribution in [3.05, 3.63) is 29.6 Å². The molecule has 0 spiro atoms. The zero-order valence-electron chi connectivity index (χ0n) is 8.16. The van der Waals surface area contributed by atoms with Crippen LogP contribution in [-0.4, -0.2) is 17.6 Å². The number of hydrogen-bond acceptors (Lipinski definition) is 2. The third-order valence-electron chi connectivity index (χ3n) is 2.47. The fourth-order valence-electron chi connectivity index (χ4n) is 1.38. The Morgan fingerprint density at radius 3 is 2.87 bits per heavy atom. The number of rotatable bonds is 3. The van der Waals surface area contributed by atoms with E-state index in [0.29, 0.717) is 12.5 Å². The summed E-state index contributed by atoms with van der Waals surface area (Å²) in [7, 11) is 0. The lowest BCUT2D eigenvalue weighted by atomic mass is 10.1. The second kappa shape index (κ2) is 3.88. The topological polar surface area (TPSA) is 49.3 Å². The molecule has 0 heterocycles. The Bertz CT molecular complexity index is 368. The van der Waals surface area contributed by atoms with E-state index in [2.05, 4.69) is 5.32 Å². The van der Waals surface area contributed by atoms with Crippen LogP contribution in [0.1, 0.15) is 23.2 Å². The highest BCUT2D eigenvalue weighted by Crippen LogP contribution is 2.28. The highest BCUT2D eigenvalue weighted by atomic mass is 19.1. The van der Waals surface area contributed by atoms with Gasteiger partial charge in [0.25, 0.3) is 5.91 Å². The molecule has 1 aromatic rings. The molecule has 0 aliphatic heterocycles. The smallest absolute Gasteiger partial charge is 0.258 e. The Balaban J connectivity index is 2.09. The summed E-state index contributed by atoms with van der Waals surface area (Å²) in [6, 6.07) is 3.82. The van der Waals surface area contributed by atoms with Crippen molar-refractivity contribution in [1.82, 2.24) is 5.32 Å². The Morgan fingerprint density at radius 2 is 2.27 bits per heavy atom. The molecule has 2 N–H and O–H groups in total. The number of phenols is 1. The molecule has 1 aliphatic carbocycles. The van der Waals surface area contributed by atoms with Crippen LogP contribution in [0.15, 0.2) is 18.2 Å². The molecular weight excluding hydrogens is 197 g/mol. The summed E-state index contributed by atoms with van der Waals surface area (Å²) >= 11 is 0. The number of hydrogen-bond donors (Lipinski definition) is 2. The maximum atomic E-state index is 13.2. The molecule has 0 unspecified atom stereocenters. The van der Waals surface area contributed by atoms with Crippen molar-refractivity contribution in [2.45, 2.75) is 12.8 Å². The lowest BCUT2D eigenvalue weighted by molar-refractivity contribution is 0.0945. The molecule has 1 amide bonds. The molecular formula is C11H12FNO2. The maximum absolute atomic E-state index is 13.2. The van der Waals surface area contributed by atoms with Gasteiger partial charge in [0.1, 0.15) is 17.1 Å². The summed E-state index contributed by atoms with van der Waals surface area (Å²) in [5.41, 5.74) is -0.266. The average Bonchev–Trinajstić information content (AvgIpc) is 2.97. The monoisotopic (exact) mass is 209 g/mol. The lowest BCUT2D eigenvalue weighted by Gasteiger charge is -2.06. The van der Waals surface area contributed by atoms with Crippen molar-refractivity contribution in [1.29, 1.82) is 0 Å². The molecule has 4 heteroatoms. The van der Waals surface area contributed by atoms with Gasteiger partial charge >= 0.3 is 0 Å². The molecule has 0 bridgehead atoms. The average molecular weight is 209 g/mol. The van der Waals surface area contributed by atoms with Crippen molar-refractivity contribution in [2.24, 2.45) is 5.92 Å². The van der Waals surface area contributed by atoms with Gasteiger partial charge in [0.15, 0.2) is 0 Å². The molecule has 0 saturated heterocycles. The normalized spacial score (nSPS) is 15.0. The van der Waals surface area contributed by atoms with Crippen LogP contribution < -0.4 is 5.32 Å². The summed E-state index contributed by atoms with van der Waals surface area (Å²) in [6.07, 6.45) is 2.23. The number of amides is 1. The van der Waals surface area contributed by atoms with E-state index in [4.69, 9.17) is 0 Å². The van der Waals surface area contributed by atoms with Crippen LogP contribution in [0.4, 0.5) is 4.39 Å². The molecule has 0 atom stereocenters. The first-order valence-corrected chi connectivity index (χ1v) is 4.94. The van der Waals surface area contributed by atoms with E-state index in [1.165, 1.54) is 12.1 Å². The number of nitrogens with one attached hydrogen (secondary N) is 1. The quantitative estimate of drug-likeness (QED) is 0.795. The minimum atomic E-state index is -0.691. The SMILES string of the molecule is O=C(NCC1CC1)c1c(O)cccc1F. The Hall–Kier alpha value is -1.58. The molecule has 1 saturated carbocycles. The molecule has 0 radical (unpaired) electrons. The highest BCUT2D eigenvalue weighted by molar-refractivity contribution is 5.97. The third kappa shape index (κ3) is 2.26. The molecule has 1 aliphatic rings. The first kappa shape index (κ1) is 9.96. The first-order valence-electron chi connectivity index (χ1n) is 4.94. The van der Waals surface area contributed by atoms with E-state index < -0.39 is 11.7 Å². The lowest BCUT2D eigenvalue weighted by Crippen LogP contribution is -2.26. The van der Waals surface area contributed by atoms with E-state index in [1.807, 2.05) is 0 Å². The van der Waals surface area contributed by atoms with Gasteiger partial charge < -0.3 is 10.4 Å². The minimum absolute atomic E-state index is 0.266. The second-order valence-corrected chi connectivity index (χ2v) is 3.79. The summed E-state index contributed by atoms with van der Waals surface area (Å²) in [5.74, 6) is -1.02. The fraction of sp³-hybridized carbons (Fsp3) is 0.364.